The number of carboxylic acid groups (broad SMARTS) is 1. The molecule has 0 aliphatic heterocycles. The highest BCUT2D eigenvalue weighted by atomic mass is 32.1. The van der Waals surface area contributed by atoms with Crippen molar-refractivity contribution in [3.8, 4) is 5.75 Å². The maximum absolute atomic E-state index is 11.5. The fourth-order valence-corrected chi connectivity index (χ4v) is 3.98. The molecule has 0 bridgehead atoms. The van der Waals surface area contributed by atoms with E-state index in [1.807, 2.05) is 54.6 Å². The molecule has 0 radical (unpaired) electrons. The summed E-state index contributed by atoms with van der Waals surface area (Å²) in [4.78, 5) is 12.5. The number of rotatable bonds is 7. The molecule has 1 aromatic heterocycles. The van der Waals surface area contributed by atoms with Crippen LogP contribution in [-0.4, -0.2) is 25.3 Å². The molecule has 3 rings (SSSR count). The van der Waals surface area contributed by atoms with E-state index >= 15 is 0 Å². The summed E-state index contributed by atoms with van der Waals surface area (Å²) < 4.78 is 11.7. The molecule has 4 nitrogen and oxygen atoms in total. The van der Waals surface area contributed by atoms with E-state index in [-0.39, 0.29) is 5.57 Å². The lowest BCUT2D eigenvalue weighted by molar-refractivity contribution is -0.130. The Morgan fingerprint density at radius 2 is 1.71 bits per heavy atom. The molecule has 0 unspecified atom stereocenters. The Bertz CT molecular complexity index is 1070. The van der Waals surface area contributed by atoms with Gasteiger partial charge >= 0.3 is 5.97 Å². The van der Waals surface area contributed by atoms with Gasteiger partial charge in [0, 0.05) is 10.1 Å². The van der Waals surface area contributed by atoms with Crippen LogP contribution in [0.3, 0.4) is 0 Å². The van der Waals surface area contributed by atoms with E-state index in [1.165, 1.54) is 18.1 Å². The minimum atomic E-state index is -1.03. The van der Waals surface area contributed by atoms with Crippen LogP contribution in [0.4, 0.5) is 0 Å². The van der Waals surface area contributed by atoms with Crippen molar-refractivity contribution in [1.29, 1.82) is 0 Å². The molecule has 142 valence electrons. The van der Waals surface area contributed by atoms with Gasteiger partial charge in [-0.05, 0) is 29.3 Å². The fourth-order valence-electron chi connectivity index (χ4n) is 2.90. The van der Waals surface area contributed by atoms with Crippen LogP contribution in [-0.2, 0) is 9.53 Å². The number of ether oxygens (including phenoxy) is 2. The first-order valence-corrected chi connectivity index (χ1v) is 9.43. The van der Waals surface area contributed by atoms with Crippen LogP contribution in [0.25, 0.3) is 27.8 Å². The molecule has 3 aromatic rings. The van der Waals surface area contributed by atoms with Crippen LogP contribution in [0, 0.1) is 0 Å². The van der Waals surface area contributed by atoms with E-state index in [4.69, 9.17) is 9.47 Å². The Hall–Kier alpha value is -3.31. The normalized spacial score (nSPS) is 12.1. The smallest absolute Gasteiger partial charge is 0.339 e. The van der Waals surface area contributed by atoms with Crippen molar-refractivity contribution in [2.45, 2.75) is 0 Å². The Labute approximate surface area is 167 Å². The first-order valence-electron chi connectivity index (χ1n) is 8.61. The second kappa shape index (κ2) is 9.06. The zero-order valence-electron chi connectivity index (χ0n) is 15.6. The number of carboxylic acids is 1. The van der Waals surface area contributed by atoms with Crippen molar-refractivity contribution < 1.29 is 19.4 Å². The number of methoxy groups -OCH3 is 2. The standard InChI is InChI=1S/C23H20O4S/c1-26-15-19(23(24)25)17-11-5-3-9-16(17)10-4-7-14-21-22(27-2)18-12-6-8-13-20(18)28-21/h3-15H,1-2H3,(H,24,25)/b10-4?,14-7+,19-15+. The summed E-state index contributed by atoms with van der Waals surface area (Å²) in [5.41, 5.74) is 1.50. The van der Waals surface area contributed by atoms with Crippen molar-refractivity contribution in [1.82, 2.24) is 0 Å². The number of carbonyl (C=O) groups is 1. The number of hydrogen-bond donors (Lipinski definition) is 1. The second-order valence-electron chi connectivity index (χ2n) is 5.87. The van der Waals surface area contributed by atoms with Crippen LogP contribution in [0.5, 0.6) is 5.75 Å². The van der Waals surface area contributed by atoms with Crippen molar-refractivity contribution in [2.24, 2.45) is 0 Å². The van der Waals surface area contributed by atoms with E-state index in [1.54, 1.807) is 30.6 Å². The molecule has 5 heteroatoms. The second-order valence-corrected chi connectivity index (χ2v) is 6.96. The Morgan fingerprint density at radius 3 is 2.46 bits per heavy atom. The predicted octanol–water partition coefficient (Wildman–Crippen LogP) is 5.71. The Kier molecular flexibility index (Phi) is 6.29. The first-order chi connectivity index (χ1) is 13.7. The van der Waals surface area contributed by atoms with Crippen LogP contribution < -0.4 is 4.74 Å². The first kappa shape index (κ1) is 19.5. The number of benzene rings is 2. The van der Waals surface area contributed by atoms with Gasteiger partial charge < -0.3 is 14.6 Å². The highest BCUT2D eigenvalue weighted by molar-refractivity contribution is 7.20. The summed E-state index contributed by atoms with van der Waals surface area (Å²) in [6.07, 6.45) is 8.91. The molecule has 0 fully saturated rings. The number of hydrogen-bond acceptors (Lipinski definition) is 4. The number of allylic oxidation sites excluding steroid dienone is 2. The number of thiophene rings is 1. The molecule has 0 saturated heterocycles. The third kappa shape index (κ3) is 4.15. The van der Waals surface area contributed by atoms with E-state index < -0.39 is 5.97 Å². The van der Waals surface area contributed by atoms with Gasteiger partial charge in [-0.2, -0.15) is 0 Å². The predicted molar refractivity (Wildman–Crippen MR) is 116 cm³/mol. The third-order valence-corrected chi connectivity index (χ3v) is 5.25. The molecule has 1 N–H and O–H groups in total. The molecule has 1 heterocycles. The molecular formula is C23H20O4S. The third-order valence-electron chi connectivity index (χ3n) is 4.13. The molecule has 0 atom stereocenters. The van der Waals surface area contributed by atoms with Gasteiger partial charge in [0.1, 0.15) is 11.3 Å². The Balaban J connectivity index is 1.88. The van der Waals surface area contributed by atoms with Crippen molar-refractivity contribution in [2.75, 3.05) is 14.2 Å². The van der Waals surface area contributed by atoms with Crippen molar-refractivity contribution in [3.63, 3.8) is 0 Å². The van der Waals surface area contributed by atoms with Crippen molar-refractivity contribution >= 4 is 45.1 Å². The van der Waals surface area contributed by atoms with Crippen molar-refractivity contribution in [3.05, 3.63) is 82.9 Å². The lowest BCUT2D eigenvalue weighted by Gasteiger charge is -2.06. The highest BCUT2D eigenvalue weighted by Crippen LogP contribution is 2.38. The van der Waals surface area contributed by atoms with E-state index in [0.717, 1.165) is 21.6 Å². The molecule has 0 amide bonds. The zero-order valence-corrected chi connectivity index (χ0v) is 16.4. The van der Waals surface area contributed by atoms with Gasteiger partial charge in [0.25, 0.3) is 0 Å². The minimum Gasteiger partial charge on any atom is -0.503 e. The molecule has 28 heavy (non-hydrogen) atoms. The molecule has 0 aliphatic carbocycles. The maximum Gasteiger partial charge on any atom is 0.339 e. The van der Waals surface area contributed by atoms with E-state index in [2.05, 4.69) is 6.07 Å². The number of aliphatic carboxylic acids is 1. The summed E-state index contributed by atoms with van der Waals surface area (Å²) in [6, 6.07) is 15.4. The van der Waals surface area contributed by atoms with Gasteiger partial charge in [-0.15, -0.1) is 11.3 Å². The van der Waals surface area contributed by atoms with Crippen LogP contribution in [0.15, 0.2) is 66.9 Å². The summed E-state index contributed by atoms with van der Waals surface area (Å²) in [5, 5.41) is 10.5. The van der Waals surface area contributed by atoms with Crippen LogP contribution in [0.1, 0.15) is 16.0 Å². The monoisotopic (exact) mass is 392 g/mol. The van der Waals surface area contributed by atoms with Crippen LogP contribution >= 0.6 is 11.3 Å². The van der Waals surface area contributed by atoms with Gasteiger partial charge in [0.15, 0.2) is 0 Å². The molecule has 0 saturated carbocycles. The summed E-state index contributed by atoms with van der Waals surface area (Å²) in [5.74, 6) is -0.171. The lowest BCUT2D eigenvalue weighted by atomic mass is 10.00. The zero-order chi connectivity index (χ0) is 19.9. The lowest BCUT2D eigenvalue weighted by Crippen LogP contribution is -2.02. The van der Waals surface area contributed by atoms with E-state index in [9.17, 15) is 9.90 Å². The summed E-state index contributed by atoms with van der Waals surface area (Å²) >= 11 is 1.66. The summed E-state index contributed by atoms with van der Waals surface area (Å²) in [6.45, 7) is 0. The fraction of sp³-hybridized carbons (Fsp3) is 0.0870. The van der Waals surface area contributed by atoms with Gasteiger partial charge in [0.2, 0.25) is 0 Å². The quantitative estimate of drug-likeness (QED) is 0.318. The van der Waals surface area contributed by atoms with Gasteiger partial charge in [-0.3, -0.25) is 0 Å². The summed E-state index contributed by atoms with van der Waals surface area (Å²) in [7, 11) is 3.11. The SMILES string of the molecule is CO/C=C(/C(=O)O)c1ccccc1C=C/C=C/c1sc2ccccc2c1OC. The minimum absolute atomic E-state index is 0.109. The average molecular weight is 392 g/mol. The Morgan fingerprint density at radius 1 is 1.00 bits per heavy atom. The topological polar surface area (TPSA) is 55.8 Å². The molecule has 0 aliphatic rings. The van der Waals surface area contributed by atoms with Crippen LogP contribution in [0.2, 0.25) is 0 Å². The van der Waals surface area contributed by atoms with Gasteiger partial charge in [-0.25, -0.2) is 4.79 Å². The average Bonchev–Trinajstić information content (AvgIpc) is 3.07. The highest BCUT2D eigenvalue weighted by Gasteiger charge is 2.13. The molecule has 0 spiro atoms. The largest absolute Gasteiger partial charge is 0.503 e. The number of fused-ring (bicyclic) bond motifs is 1. The van der Waals surface area contributed by atoms with Gasteiger partial charge in [0.05, 0.1) is 25.4 Å². The molecular weight excluding hydrogens is 372 g/mol. The molecule has 2 aromatic carbocycles. The maximum atomic E-state index is 11.5. The van der Waals surface area contributed by atoms with Gasteiger partial charge in [-0.1, -0.05) is 54.6 Å². The van der Waals surface area contributed by atoms with E-state index in [0.29, 0.717) is 5.56 Å².